The second-order valence-corrected chi connectivity index (χ2v) is 4.28. The highest BCUT2D eigenvalue weighted by molar-refractivity contribution is 5.77. The Morgan fingerprint density at radius 2 is 2.14 bits per heavy atom. The maximum atomic E-state index is 11.4. The van der Waals surface area contributed by atoms with Crippen molar-refractivity contribution in [2.24, 2.45) is 0 Å². The highest BCUT2D eigenvalue weighted by Gasteiger charge is 2.17. The molecule has 0 saturated carbocycles. The number of nitrogens with one attached hydrogen (secondary N) is 1. The normalized spacial score (nSPS) is 21.6. The molecule has 0 aromatic rings. The molecule has 1 N–H and O–H groups in total. The summed E-state index contributed by atoms with van der Waals surface area (Å²) < 4.78 is 0. The van der Waals surface area contributed by atoms with Gasteiger partial charge in [-0.05, 0) is 26.4 Å². The Morgan fingerprint density at radius 1 is 1.43 bits per heavy atom. The molecule has 1 heterocycles. The van der Waals surface area contributed by atoms with Crippen molar-refractivity contribution in [3.8, 4) is 0 Å². The zero-order chi connectivity index (χ0) is 10.6. The number of carbonyl (C=O) groups excluding carboxylic acids is 1. The summed E-state index contributed by atoms with van der Waals surface area (Å²) in [5, 5.41) is 3.42. The van der Waals surface area contributed by atoms with Crippen LogP contribution in [-0.4, -0.2) is 62.5 Å². The number of hydrogen-bond acceptors (Lipinski definition) is 3. The van der Waals surface area contributed by atoms with Crippen molar-refractivity contribution in [1.82, 2.24) is 15.1 Å². The molecule has 0 aromatic heterocycles. The molecule has 14 heavy (non-hydrogen) atoms. The monoisotopic (exact) mass is 199 g/mol. The summed E-state index contributed by atoms with van der Waals surface area (Å²) in [6, 6.07) is 0.579. The average molecular weight is 199 g/mol. The molecule has 82 valence electrons. The summed E-state index contributed by atoms with van der Waals surface area (Å²) in [6.45, 7) is 2.62. The quantitative estimate of drug-likeness (QED) is 0.678. The van der Waals surface area contributed by atoms with Gasteiger partial charge in [0.15, 0.2) is 0 Å². The van der Waals surface area contributed by atoms with Gasteiger partial charge in [0.25, 0.3) is 0 Å². The van der Waals surface area contributed by atoms with E-state index >= 15 is 0 Å². The predicted molar refractivity (Wildman–Crippen MR) is 57.2 cm³/mol. The Morgan fingerprint density at radius 3 is 2.64 bits per heavy atom. The predicted octanol–water partition coefficient (Wildman–Crippen LogP) is -0.242. The van der Waals surface area contributed by atoms with Crippen LogP contribution in [0.3, 0.4) is 0 Å². The molecule has 1 rings (SSSR count). The van der Waals surface area contributed by atoms with Gasteiger partial charge in [0.2, 0.25) is 5.91 Å². The Bertz CT molecular complexity index is 188. The molecule has 1 amide bonds. The topological polar surface area (TPSA) is 35.6 Å². The average Bonchev–Trinajstić information content (AvgIpc) is 2.56. The van der Waals surface area contributed by atoms with Crippen LogP contribution in [0.25, 0.3) is 0 Å². The smallest absolute Gasteiger partial charge is 0.236 e. The SMILES string of the molecule is CN(CC(=O)N(C)C)CC1CCCN1. The van der Waals surface area contributed by atoms with Crippen LogP contribution in [0.5, 0.6) is 0 Å². The summed E-state index contributed by atoms with van der Waals surface area (Å²) in [5.41, 5.74) is 0. The lowest BCUT2D eigenvalue weighted by atomic mass is 10.2. The number of likely N-dealkylation sites (N-methyl/N-ethyl adjacent to an activating group) is 2. The summed E-state index contributed by atoms with van der Waals surface area (Å²) in [7, 11) is 5.59. The van der Waals surface area contributed by atoms with Crippen molar-refractivity contribution in [2.75, 3.05) is 40.8 Å². The molecule has 4 nitrogen and oxygen atoms in total. The molecule has 1 saturated heterocycles. The van der Waals surface area contributed by atoms with E-state index in [4.69, 9.17) is 0 Å². The van der Waals surface area contributed by atoms with Gasteiger partial charge in [0.05, 0.1) is 6.54 Å². The third kappa shape index (κ3) is 3.64. The van der Waals surface area contributed by atoms with Gasteiger partial charge in [-0.3, -0.25) is 9.69 Å². The number of carbonyl (C=O) groups is 1. The third-order valence-corrected chi connectivity index (χ3v) is 2.60. The molecule has 0 bridgehead atoms. The summed E-state index contributed by atoms with van der Waals surface area (Å²) in [4.78, 5) is 15.1. The van der Waals surface area contributed by atoms with Gasteiger partial charge in [-0.25, -0.2) is 0 Å². The molecule has 1 aliphatic rings. The first-order valence-electron chi connectivity index (χ1n) is 5.21. The van der Waals surface area contributed by atoms with Gasteiger partial charge < -0.3 is 10.2 Å². The van der Waals surface area contributed by atoms with Crippen LogP contribution in [0.15, 0.2) is 0 Å². The van der Waals surface area contributed by atoms with Crippen molar-refractivity contribution >= 4 is 5.91 Å². The van der Waals surface area contributed by atoms with Crippen LogP contribution in [-0.2, 0) is 4.79 Å². The van der Waals surface area contributed by atoms with Crippen LogP contribution in [0.4, 0.5) is 0 Å². The lowest BCUT2D eigenvalue weighted by molar-refractivity contribution is -0.129. The van der Waals surface area contributed by atoms with Crippen LogP contribution in [0.2, 0.25) is 0 Å². The van der Waals surface area contributed by atoms with Crippen molar-refractivity contribution in [3.63, 3.8) is 0 Å². The van der Waals surface area contributed by atoms with Crippen LogP contribution >= 0.6 is 0 Å². The fourth-order valence-electron chi connectivity index (χ4n) is 1.73. The molecule has 0 spiro atoms. The Kier molecular flexibility index (Phi) is 4.35. The maximum Gasteiger partial charge on any atom is 0.236 e. The molecular weight excluding hydrogens is 178 g/mol. The van der Waals surface area contributed by atoms with Gasteiger partial charge in [0.1, 0.15) is 0 Å². The number of rotatable bonds is 4. The molecule has 0 aliphatic carbocycles. The number of nitrogens with zero attached hydrogens (tertiary/aromatic N) is 2. The lowest BCUT2D eigenvalue weighted by Crippen LogP contribution is -2.40. The maximum absolute atomic E-state index is 11.4. The van der Waals surface area contributed by atoms with Crippen LogP contribution < -0.4 is 5.32 Å². The molecule has 1 atom stereocenters. The molecule has 1 unspecified atom stereocenters. The van der Waals surface area contributed by atoms with E-state index in [0.29, 0.717) is 12.6 Å². The summed E-state index contributed by atoms with van der Waals surface area (Å²) in [5.74, 6) is 0.172. The Labute approximate surface area is 86.2 Å². The van der Waals surface area contributed by atoms with Gasteiger partial charge in [-0.1, -0.05) is 0 Å². The van der Waals surface area contributed by atoms with Crippen molar-refractivity contribution in [2.45, 2.75) is 18.9 Å². The van der Waals surface area contributed by atoms with E-state index in [-0.39, 0.29) is 5.91 Å². The van der Waals surface area contributed by atoms with E-state index in [0.717, 1.165) is 13.1 Å². The van der Waals surface area contributed by atoms with Crippen molar-refractivity contribution in [3.05, 3.63) is 0 Å². The first kappa shape index (κ1) is 11.5. The van der Waals surface area contributed by atoms with E-state index < -0.39 is 0 Å². The first-order chi connectivity index (χ1) is 6.59. The minimum Gasteiger partial charge on any atom is -0.348 e. The highest BCUT2D eigenvalue weighted by atomic mass is 16.2. The molecular formula is C10H21N3O. The van der Waals surface area contributed by atoms with E-state index in [2.05, 4.69) is 10.2 Å². The zero-order valence-electron chi connectivity index (χ0n) is 9.42. The zero-order valence-corrected chi connectivity index (χ0v) is 9.42. The molecule has 1 fully saturated rings. The Hall–Kier alpha value is -0.610. The molecule has 4 heteroatoms. The van der Waals surface area contributed by atoms with E-state index in [1.165, 1.54) is 12.8 Å². The van der Waals surface area contributed by atoms with Gasteiger partial charge in [-0.15, -0.1) is 0 Å². The first-order valence-corrected chi connectivity index (χ1v) is 5.21. The second-order valence-electron chi connectivity index (χ2n) is 4.28. The fraction of sp³-hybridized carbons (Fsp3) is 0.900. The number of hydrogen-bond donors (Lipinski definition) is 1. The molecule has 0 aromatic carbocycles. The minimum atomic E-state index is 0.172. The summed E-state index contributed by atoms with van der Waals surface area (Å²) >= 11 is 0. The standard InChI is InChI=1S/C10H21N3O/c1-12(2)10(14)8-13(3)7-9-5-4-6-11-9/h9,11H,4-8H2,1-3H3. The largest absolute Gasteiger partial charge is 0.348 e. The van der Waals surface area contributed by atoms with Gasteiger partial charge in [-0.2, -0.15) is 0 Å². The van der Waals surface area contributed by atoms with E-state index in [9.17, 15) is 4.79 Å². The van der Waals surface area contributed by atoms with Gasteiger partial charge >= 0.3 is 0 Å². The lowest BCUT2D eigenvalue weighted by Gasteiger charge is -2.22. The summed E-state index contributed by atoms with van der Waals surface area (Å²) in [6.07, 6.45) is 2.50. The minimum absolute atomic E-state index is 0.172. The van der Waals surface area contributed by atoms with Crippen molar-refractivity contribution < 1.29 is 4.79 Å². The fourth-order valence-corrected chi connectivity index (χ4v) is 1.73. The van der Waals surface area contributed by atoms with Crippen LogP contribution in [0.1, 0.15) is 12.8 Å². The Balaban J connectivity index is 2.20. The third-order valence-electron chi connectivity index (χ3n) is 2.60. The molecule has 0 radical (unpaired) electrons. The second kappa shape index (κ2) is 5.32. The van der Waals surface area contributed by atoms with Crippen LogP contribution in [0, 0.1) is 0 Å². The van der Waals surface area contributed by atoms with E-state index in [1.54, 1.807) is 19.0 Å². The highest BCUT2D eigenvalue weighted by Crippen LogP contribution is 2.05. The number of amides is 1. The van der Waals surface area contributed by atoms with E-state index in [1.807, 2.05) is 7.05 Å². The van der Waals surface area contributed by atoms with Crippen molar-refractivity contribution in [1.29, 1.82) is 0 Å². The molecule has 1 aliphatic heterocycles. The van der Waals surface area contributed by atoms with Gasteiger partial charge in [0, 0.05) is 26.7 Å².